The molecule has 2 aromatic rings. The number of fused-ring (bicyclic) bond motifs is 1. The number of nitrogens with zero attached hydrogens (tertiary/aromatic N) is 3. The second kappa shape index (κ2) is 4.67. The summed E-state index contributed by atoms with van der Waals surface area (Å²) in [7, 11) is 1.83. The SMILES string of the molecule is Cc1nn(C)cc1C(=O)N1CCCc2c(N)cccc21. The maximum absolute atomic E-state index is 12.7. The van der Waals surface area contributed by atoms with Crippen LogP contribution in [0, 0.1) is 6.92 Å². The van der Waals surface area contributed by atoms with Crippen molar-refractivity contribution in [1.82, 2.24) is 9.78 Å². The van der Waals surface area contributed by atoms with Crippen LogP contribution in [0.1, 0.15) is 28.0 Å². The van der Waals surface area contributed by atoms with Crippen LogP contribution in [0.2, 0.25) is 0 Å². The van der Waals surface area contributed by atoms with E-state index in [1.165, 1.54) is 0 Å². The summed E-state index contributed by atoms with van der Waals surface area (Å²) < 4.78 is 1.67. The highest BCUT2D eigenvalue weighted by molar-refractivity contribution is 6.07. The Labute approximate surface area is 118 Å². The van der Waals surface area contributed by atoms with Crippen LogP contribution in [0.15, 0.2) is 24.4 Å². The minimum absolute atomic E-state index is 0.00199. The van der Waals surface area contributed by atoms with Gasteiger partial charge >= 0.3 is 0 Å². The van der Waals surface area contributed by atoms with Crippen molar-refractivity contribution in [3.8, 4) is 0 Å². The first kappa shape index (κ1) is 12.7. The summed E-state index contributed by atoms with van der Waals surface area (Å²) in [6.45, 7) is 2.58. The van der Waals surface area contributed by atoms with Crippen LogP contribution in [-0.2, 0) is 13.5 Å². The van der Waals surface area contributed by atoms with Crippen LogP contribution < -0.4 is 10.6 Å². The molecule has 0 aliphatic carbocycles. The molecule has 1 aliphatic rings. The molecule has 1 aromatic heterocycles. The molecule has 0 bridgehead atoms. The fourth-order valence-electron chi connectivity index (χ4n) is 2.82. The molecule has 5 nitrogen and oxygen atoms in total. The average molecular weight is 270 g/mol. The van der Waals surface area contributed by atoms with Crippen molar-refractivity contribution in [3.63, 3.8) is 0 Å². The number of amides is 1. The van der Waals surface area contributed by atoms with Crippen molar-refractivity contribution in [3.05, 3.63) is 41.2 Å². The number of hydrogen-bond acceptors (Lipinski definition) is 3. The van der Waals surface area contributed by atoms with Crippen molar-refractivity contribution in [2.75, 3.05) is 17.2 Å². The molecule has 3 rings (SSSR count). The van der Waals surface area contributed by atoms with E-state index in [9.17, 15) is 4.79 Å². The Hall–Kier alpha value is -2.30. The second-order valence-electron chi connectivity index (χ2n) is 5.21. The van der Waals surface area contributed by atoms with E-state index in [4.69, 9.17) is 5.73 Å². The van der Waals surface area contributed by atoms with Gasteiger partial charge in [0.25, 0.3) is 5.91 Å². The summed E-state index contributed by atoms with van der Waals surface area (Å²) >= 11 is 0. The van der Waals surface area contributed by atoms with Crippen molar-refractivity contribution < 1.29 is 4.79 Å². The molecule has 0 atom stereocenters. The highest BCUT2D eigenvalue weighted by Gasteiger charge is 2.26. The Morgan fingerprint density at radius 2 is 2.20 bits per heavy atom. The van der Waals surface area contributed by atoms with Gasteiger partial charge in [0.05, 0.1) is 11.3 Å². The van der Waals surface area contributed by atoms with Gasteiger partial charge in [-0.2, -0.15) is 5.10 Å². The van der Waals surface area contributed by atoms with Gasteiger partial charge in [-0.1, -0.05) is 6.07 Å². The van der Waals surface area contributed by atoms with E-state index in [0.29, 0.717) is 5.56 Å². The number of nitrogens with two attached hydrogens (primary N) is 1. The van der Waals surface area contributed by atoms with Gasteiger partial charge in [0.15, 0.2) is 0 Å². The van der Waals surface area contributed by atoms with Crippen LogP contribution in [0.4, 0.5) is 11.4 Å². The minimum Gasteiger partial charge on any atom is -0.398 e. The fourth-order valence-corrected chi connectivity index (χ4v) is 2.82. The fraction of sp³-hybridized carbons (Fsp3) is 0.333. The molecule has 0 saturated heterocycles. The van der Waals surface area contributed by atoms with E-state index in [2.05, 4.69) is 5.10 Å². The van der Waals surface area contributed by atoms with Gasteiger partial charge in [0.2, 0.25) is 0 Å². The molecule has 0 radical (unpaired) electrons. The van der Waals surface area contributed by atoms with Gasteiger partial charge in [-0.05, 0) is 37.5 Å². The molecule has 0 saturated carbocycles. The third kappa shape index (κ3) is 1.95. The van der Waals surface area contributed by atoms with Gasteiger partial charge in [0.1, 0.15) is 0 Å². The summed E-state index contributed by atoms with van der Waals surface area (Å²) in [6.07, 6.45) is 3.64. The molecule has 104 valence electrons. The van der Waals surface area contributed by atoms with E-state index >= 15 is 0 Å². The van der Waals surface area contributed by atoms with Crippen molar-refractivity contribution in [2.24, 2.45) is 7.05 Å². The lowest BCUT2D eigenvalue weighted by atomic mass is 9.99. The third-order valence-electron chi connectivity index (χ3n) is 3.78. The third-order valence-corrected chi connectivity index (χ3v) is 3.78. The number of carbonyl (C=O) groups excluding carboxylic acids is 1. The van der Waals surface area contributed by atoms with Crippen LogP contribution in [0.5, 0.6) is 0 Å². The van der Waals surface area contributed by atoms with Gasteiger partial charge in [-0.25, -0.2) is 0 Å². The number of anilines is 2. The lowest BCUT2D eigenvalue weighted by Crippen LogP contribution is -2.35. The first-order chi connectivity index (χ1) is 9.58. The van der Waals surface area contributed by atoms with Gasteiger partial charge in [-0.3, -0.25) is 9.48 Å². The maximum Gasteiger partial charge on any atom is 0.261 e. The molecule has 20 heavy (non-hydrogen) atoms. The van der Waals surface area contributed by atoms with Crippen LogP contribution in [0.25, 0.3) is 0 Å². The van der Waals surface area contributed by atoms with Gasteiger partial charge < -0.3 is 10.6 Å². The van der Waals surface area contributed by atoms with Gasteiger partial charge in [-0.15, -0.1) is 0 Å². The summed E-state index contributed by atoms with van der Waals surface area (Å²) in [5.41, 5.74) is 10.2. The van der Waals surface area contributed by atoms with Gasteiger partial charge in [0, 0.05) is 31.2 Å². The lowest BCUT2D eigenvalue weighted by Gasteiger charge is -2.30. The molecule has 5 heteroatoms. The summed E-state index contributed by atoms with van der Waals surface area (Å²) in [5, 5.41) is 4.24. The Kier molecular flexibility index (Phi) is 2.97. The molecule has 2 heterocycles. The van der Waals surface area contributed by atoms with Crippen LogP contribution >= 0.6 is 0 Å². The highest BCUT2D eigenvalue weighted by atomic mass is 16.2. The Bertz CT molecular complexity index is 675. The van der Waals surface area contributed by atoms with E-state index in [1.54, 1.807) is 10.9 Å². The largest absolute Gasteiger partial charge is 0.398 e. The molecule has 0 fully saturated rings. The number of hydrogen-bond donors (Lipinski definition) is 1. The quantitative estimate of drug-likeness (QED) is 0.805. The standard InChI is InChI=1S/C15H18N4O/c1-10-12(9-18(2)17-10)15(20)19-8-4-5-11-13(16)6-3-7-14(11)19/h3,6-7,9H,4-5,8,16H2,1-2H3. The lowest BCUT2D eigenvalue weighted by molar-refractivity contribution is 0.0984. The normalized spacial score (nSPS) is 14.2. The van der Waals surface area contributed by atoms with Crippen LogP contribution in [-0.4, -0.2) is 22.2 Å². The van der Waals surface area contributed by atoms with E-state index in [0.717, 1.165) is 42.0 Å². The molecule has 0 spiro atoms. The number of nitrogen functional groups attached to an aromatic ring is 1. The van der Waals surface area contributed by atoms with Crippen molar-refractivity contribution in [2.45, 2.75) is 19.8 Å². The zero-order chi connectivity index (χ0) is 14.3. The molecular weight excluding hydrogens is 252 g/mol. The Morgan fingerprint density at radius 3 is 2.90 bits per heavy atom. The van der Waals surface area contributed by atoms with E-state index in [-0.39, 0.29) is 5.91 Å². The second-order valence-corrected chi connectivity index (χ2v) is 5.21. The molecule has 1 aliphatic heterocycles. The molecule has 1 amide bonds. The summed E-state index contributed by atoms with van der Waals surface area (Å²) in [4.78, 5) is 14.6. The zero-order valence-electron chi connectivity index (χ0n) is 11.8. The van der Waals surface area contributed by atoms with Crippen LogP contribution in [0.3, 0.4) is 0 Å². The molecule has 2 N–H and O–H groups in total. The smallest absolute Gasteiger partial charge is 0.261 e. The van der Waals surface area contributed by atoms with E-state index < -0.39 is 0 Å². The summed E-state index contributed by atoms with van der Waals surface area (Å²) in [5.74, 6) is 0.00199. The number of carbonyl (C=O) groups is 1. The Morgan fingerprint density at radius 1 is 1.40 bits per heavy atom. The topological polar surface area (TPSA) is 64.2 Å². The first-order valence-corrected chi connectivity index (χ1v) is 6.77. The highest BCUT2D eigenvalue weighted by Crippen LogP contribution is 2.32. The Balaban J connectivity index is 2.03. The minimum atomic E-state index is 0.00199. The monoisotopic (exact) mass is 270 g/mol. The molecule has 0 unspecified atom stereocenters. The van der Waals surface area contributed by atoms with E-state index in [1.807, 2.05) is 37.1 Å². The molecule has 1 aromatic carbocycles. The predicted octanol–water partition coefficient (Wildman–Crippen LogP) is 1.90. The predicted molar refractivity (Wildman–Crippen MR) is 78.8 cm³/mol. The number of benzene rings is 1. The first-order valence-electron chi connectivity index (χ1n) is 6.77. The van der Waals surface area contributed by atoms with Crippen molar-refractivity contribution in [1.29, 1.82) is 0 Å². The summed E-state index contributed by atoms with van der Waals surface area (Å²) in [6, 6.07) is 5.76. The number of rotatable bonds is 1. The molecular formula is C15H18N4O. The maximum atomic E-state index is 12.7. The number of aromatic nitrogens is 2. The zero-order valence-corrected chi connectivity index (χ0v) is 11.8. The number of aryl methyl sites for hydroxylation is 2. The average Bonchev–Trinajstić information content (AvgIpc) is 2.77. The van der Waals surface area contributed by atoms with Crippen molar-refractivity contribution >= 4 is 17.3 Å².